The van der Waals surface area contributed by atoms with Crippen LogP contribution in [0.5, 0.6) is 11.5 Å². The second-order valence-electron chi connectivity index (χ2n) is 6.32. The lowest BCUT2D eigenvalue weighted by Crippen LogP contribution is -2.46. The molecule has 0 radical (unpaired) electrons. The summed E-state index contributed by atoms with van der Waals surface area (Å²) in [5.41, 5.74) is 1.01. The molecule has 1 heterocycles. The number of piperazine rings is 1. The maximum Gasteiger partial charge on any atom is 0.134 e. The Morgan fingerprint density at radius 3 is 2.59 bits per heavy atom. The Morgan fingerprint density at radius 2 is 1.95 bits per heavy atom. The molecular weight excluding hydrogens is 344 g/mol. The Labute approximate surface area is 141 Å². The van der Waals surface area contributed by atoms with Gasteiger partial charge in [-0.2, -0.15) is 0 Å². The summed E-state index contributed by atoms with van der Waals surface area (Å²) in [7, 11) is 1.68. The second kappa shape index (κ2) is 7.20. The SMILES string of the molecule is COc1cc(Br)c(O)c([C@@H](C2CCCC2)N2CCNCC2)c1. The molecule has 122 valence electrons. The molecule has 1 saturated carbocycles. The van der Waals surface area contributed by atoms with Gasteiger partial charge in [-0.15, -0.1) is 0 Å². The number of phenols is 1. The largest absolute Gasteiger partial charge is 0.506 e. The second-order valence-corrected chi connectivity index (χ2v) is 7.18. The molecule has 1 atom stereocenters. The van der Waals surface area contributed by atoms with Crippen molar-refractivity contribution in [2.45, 2.75) is 31.7 Å². The number of aromatic hydroxyl groups is 1. The Balaban J connectivity index is 1.98. The zero-order valence-electron chi connectivity index (χ0n) is 13.1. The predicted octanol–water partition coefficient (Wildman–Crippen LogP) is 3.30. The van der Waals surface area contributed by atoms with Crippen LogP contribution in [0.3, 0.4) is 0 Å². The van der Waals surface area contributed by atoms with Crippen LogP contribution in [0, 0.1) is 5.92 Å². The van der Waals surface area contributed by atoms with Crippen molar-refractivity contribution < 1.29 is 9.84 Å². The third-order valence-corrected chi connectivity index (χ3v) is 5.62. The molecule has 22 heavy (non-hydrogen) atoms. The van der Waals surface area contributed by atoms with Crippen LogP contribution in [-0.2, 0) is 0 Å². The maximum absolute atomic E-state index is 10.6. The highest BCUT2D eigenvalue weighted by molar-refractivity contribution is 9.10. The first kappa shape index (κ1) is 16.1. The highest BCUT2D eigenvalue weighted by Gasteiger charge is 2.34. The summed E-state index contributed by atoms with van der Waals surface area (Å²) >= 11 is 3.48. The topological polar surface area (TPSA) is 44.7 Å². The first-order chi connectivity index (χ1) is 10.7. The molecule has 0 amide bonds. The van der Waals surface area contributed by atoms with Gasteiger partial charge in [-0.1, -0.05) is 12.8 Å². The predicted molar refractivity (Wildman–Crippen MR) is 91.5 cm³/mol. The van der Waals surface area contributed by atoms with E-state index in [1.807, 2.05) is 12.1 Å². The first-order valence-corrected chi connectivity index (χ1v) is 9.01. The van der Waals surface area contributed by atoms with E-state index in [0.29, 0.717) is 11.7 Å². The molecule has 1 saturated heterocycles. The van der Waals surface area contributed by atoms with Crippen molar-refractivity contribution in [1.29, 1.82) is 0 Å². The van der Waals surface area contributed by atoms with Crippen molar-refractivity contribution in [2.75, 3.05) is 33.3 Å². The fourth-order valence-corrected chi connectivity index (χ4v) is 4.37. The summed E-state index contributed by atoms with van der Waals surface area (Å²) in [6, 6.07) is 4.14. The van der Waals surface area contributed by atoms with Crippen LogP contribution in [0.25, 0.3) is 0 Å². The highest BCUT2D eigenvalue weighted by Crippen LogP contribution is 2.45. The summed E-state index contributed by atoms with van der Waals surface area (Å²) in [5, 5.41) is 14.1. The number of benzene rings is 1. The minimum Gasteiger partial charge on any atom is -0.506 e. The van der Waals surface area contributed by atoms with E-state index >= 15 is 0 Å². The number of nitrogens with one attached hydrogen (secondary N) is 1. The van der Waals surface area contributed by atoms with Gasteiger partial charge in [0, 0.05) is 37.8 Å². The Bertz CT molecular complexity index is 512. The molecule has 1 aromatic rings. The minimum atomic E-state index is 0.288. The number of hydrogen-bond acceptors (Lipinski definition) is 4. The number of nitrogens with zero attached hydrogens (tertiary/aromatic N) is 1. The number of ether oxygens (including phenoxy) is 1. The monoisotopic (exact) mass is 368 g/mol. The third kappa shape index (κ3) is 3.26. The van der Waals surface area contributed by atoms with Crippen molar-refractivity contribution >= 4 is 15.9 Å². The van der Waals surface area contributed by atoms with Gasteiger partial charge in [0.15, 0.2) is 0 Å². The molecule has 3 rings (SSSR count). The molecule has 1 aliphatic heterocycles. The molecule has 5 heteroatoms. The standard InChI is InChI=1S/C17H25BrN2O2/c1-22-13-10-14(17(21)15(18)11-13)16(12-4-2-3-5-12)20-8-6-19-7-9-20/h10-12,16,19,21H,2-9H2,1H3/t16-/m1/s1. The third-order valence-electron chi connectivity index (χ3n) is 5.01. The van der Waals surface area contributed by atoms with Gasteiger partial charge in [-0.25, -0.2) is 0 Å². The molecule has 2 aliphatic rings. The molecule has 0 bridgehead atoms. The number of rotatable bonds is 4. The first-order valence-electron chi connectivity index (χ1n) is 8.22. The summed E-state index contributed by atoms with van der Waals surface area (Å²) in [6.07, 6.45) is 5.12. The zero-order chi connectivity index (χ0) is 15.5. The van der Waals surface area contributed by atoms with Crippen molar-refractivity contribution in [3.05, 3.63) is 22.2 Å². The normalized spacial score (nSPS) is 21.9. The quantitative estimate of drug-likeness (QED) is 0.855. The van der Waals surface area contributed by atoms with E-state index in [2.05, 4.69) is 26.1 Å². The van der Waals surface area contributed by atoms with Crippen LogP contribution >= 0.6 is 15.9 Å². The number of halogens is 1. The molecule has 0 unspecified atom stereocenters. The van der Waals surface area contributed by atoms with Crippen molar-refractivity contribution in [3.8, 4) is 11.5 Å². The number of methoxy groups -OCH3 is 1. The van der Waals surface area contributed by atoms with Gasteiger partial charge < -0.3 is 15.2 Å². The lowest BCUT2D eigenvalue weighted by atomic mass is 9.89. The average Bonchev–Trinajstić information content (AvgIpc) is 3.06. The number of phenolic OH excluding ortho intramolecular Hbond substituents is 1. The van der Waals surface area contributed by atoms with Gasteiger partial charge in [0.1, 0.15) is 11.5 Å². The number of hydrogen-bond donors (Lipinski definition) is 2. The molecule has 0 spiro atoms. The van der Waals surface area contributed by atoms with E-state index in [9.17, 15) is 5.11 Å². The van der Waals surface area contributed by atoms with E-state index < -0.39 is 0 Å². The molecular formula is C17H25BrN2O2. The molecule has 2 fully saturated rings. The lowest BCUT2D eigenvalue weighted by Gasteiger charge is -2.39. The van der Waals surface area contributed by atoms with Crippen LogP contribution in [0.15, 0.2) is 16.6 Å². The van der Waals surface area contributed by atoms with E-state index in [0.717, 1.165) is 42.0 Å². The summed E-state index contributed by atoms with van der Waals surface area (Å²) in [4.78, 5) is 2.54. The smallest absolute Gasteiger partial charge is 0.134 e. The average molecular weight is 369 g/mol. The van der Waals surface area contributed by atoms with Crippen LogP contribution in [0.4, 0.5) is 0 Å². The lowest BCUT2D eigenvalue weighted by molar-refractivity contribution is 0.123. The Kier molecular flexibility index (Phi) is 5.26. The van der Waals surface area contributed by atoms with Crippen molar-refractivity contribution in [2.24, 2.45) is 5.92 Å². The highest BCUT2D eigenvalue weighted by atomic mass is 79.9. The summed E-state index contributed by atoms with van der Waals surface area (Å²) < 4.78 is 6.14. The van der Waals surface area contributed by atoms with Crippen molar-refractivity contribution in [3.63, 3.8) is 0 Å². The Morgan fingerprint density at radius 1 is 1.27 bits per heavy atom. The van der Waals surface area contributed by atoms with Gasteiger partial charge in [0.25, 0.3) is 0 Å². The van der Waals surface area contributed by atoms with Gasteiger partial charge >= 0.3 is 0 Å². The van der Waals surface area contributed by atoms with E-state index in [1.165, 1.54) is 25.7 Å². The van der Waals surface area contributed by atoms with Gasteiger partial charge in [0.2, 0.25) is 0 Å². The fourth-order valence-electron chi connectivity index (χ4n) is 3.92. The Hall–Kier alpha value is -0.780. The van der Waals surface area contributed by atoms with Crippen LogP contribution in [-0.4, -0.2) is 43.3 Å². The van der Waals surface area contributed by atoms with Crippen LogP contribution in [0.2, 0.25) is 0 Å². The summed E-state index contributed by atoms with van der Waals surface area (Å²) in [5.74, 6) is 1.80. The molecule has 0 aromatic heterocycles. The van der Waals surface area contributed by atoms with Gasteiger partial charge in [0.05, 0.1) is 11.6 Å². The van der Waals surface area contributed by atoms with Crippen molar-refractivity contribution in [1.82, 2.24) is 10.2 Å². The van der Waals surface area contributed by atoms with Gasteiger partial charge in [-0.3, -0.25) is 4.90 Å². The van der Waals surface area contributed by atoms with Gasteiger partial charge in [-0.05, 0) is 46.8 Å². The van der Waals surface area contributed by atoms with E-state index in [1.54, 1.807) is 7.11 Å². The maximum atomic E-state index is 10.6. The molecule has 4 nitrogen and oxygen atoms in total. The summed E-state index contributed by atoms with van der Waals surface area (Å²) in [6.45, 7) is 4.12. The van der Waals surface area contributed by atoms with Crippen LogP contribution < -0.4 is 10.1 Å². The minimum absolute atomic E-state index is 0.288. The molecule has 2 N–H and O–H groups in total. The van der Waals surface area contributed by atoms with Crippen LogP contribution in [0.1, 0.15) is 37.3 Å². The fraction of sp³-hybridized carbons (Fsp3) is 0.647. The van der Waals surface area contributed by atoms with E-state index in [-0.39, 0.29) is 6.04 Å². The van der Waals surface area contributed by atoms with E-state index in [4.69, 9.17) is 4.74 Å². The molecule has 1 aromatic carbocycles. The molecule has 1 aliphatic carbocycles. The zero-order valence-corrected chi connectivity index (χ0v) is 14.7.